The van der Waals surface area contributed by atoms with Crippen LogP contribution in [0.15, 0.2) is 108 Å². The molecule has 0 saturated heterocycles. The van der Waals surface area contributed by atoms with Gasteiger partial charge in [0.2, 0.25) is 0 Å². The van der Waals surface area contributed by atoms with Crippen molar-refractivity contribution >= 4 is 26.6 Å². The zero-order chi connectivity index (χ0) is 25.6. The third kappa shape index (κ3) is 3.89. The summed E-state index contributed by atoms with van der Waals surface area (Å²) >= 11 is 0. The molecule has 37 heavy (non-hydrogen) atoms. The SMILES string of the molecule is COc1ccc(N2CCc3c(c4ccccc4n3S(=O)(=O)c3ccc(C)cc3)C2c2ccccc2)cc1. The quantitative estimate of drug-likeness (QED) is 0.278. The van der Waals surface area contributed by atoms with Crippen LogP contribution in [0.5, 0.6) is 5.75 Å². The van der Waals surface area contributed by atoms with Gasteiger partial charge in [-0.15, -0.1) is 0 Å². The van der Waals surface area contributed by atoms with E-state index >= 15 is 0 Å². The van der Waals surface area contributed by atoms with Crippen LogP contribution in [0.1, 0.15) is 28.4 Å². The molecule has 1 unspecified atom stereocenters. The molecule has 1 aliphatic rings. The Balaban J connectivity index is 1.61. The molecule has 4 aromatic carbocycles. The standard InChI is InChI=1S/C31H28N2O3S/c1-22-12-18-26(19-13-22)37(34,35)33-28-11-7-6-10-27(28)30-29(33)20-21-32(24-14-16-25(36-2)17-15-24)31(30)23-8-4-3-5-9-23/h3-19,31H,20-21H2,1-2H3. The van der Waals surface area contributed by atoms with E-state index in [1.54, 1.807) is 23.2 Å². The molecule has 0 amide bonds. The van der Waals surface area contributed by atoms with Crippen molar-refractivity contribution in [1.29, 1.82) is 0 Å². The van der Waals surface area contributed by atoms with Gasteiger partial charge in [0.1, 0.15) is 5.75 Å². The smallest absolute Gasteiger partial charge is 0.268 e. The van der Waals surface area contributed by atoms with Crippen LogP contribution in [0, 0.1) is 6.92 Å². The van der Waals surface area contributed by atoms with Gasteiger partial charge >= 0.3 is 0 Å². The second-order valence-electron chi connectivity index (χ2n) is 9.41. The first-order chi connectivity index (χ1) is 18.0. The molecule has 0 aliphatic carbocycles. The fraction of sp³-hybridized carbons (Fsp3) is 0.161. The van der Waals surface area contributed by atoms with E-state index in [1.807, 2.05) is 73.7 Å². The number of fused-ring (bicyclic) bond motifs is 3. The second kappa shape index (κ2) is 9.12. The van der Waals surface area contributed by atoms with E-state index in [1.165, 1.54) is 0 Å². The van der Waals surface area contributed by atoms with E-state index in [9.17, 15) is 8.42 Å². The predicted octanol–water partition coefficient (Wildman–Crippen LogP) is 6.35. The average molecular weight is 509 g/mol. The van der Waals surface area contributed by atoms with Gasteiger partial charge in [0, 0.05) is 35.3 Å². The molecular formula is C31H28N2O3S. The maximum absolute atomic E-state index is 14.1. The van der Waals surface area contributed by atoms with Crippen LogP contribution in [0.2, 0.25) is 0 Å². The van der Waals surface area contributed by atoms with E-state index in [0.717, 1.165) is 39.2 Å². The summed E-state index contributed by atoms with van der Waals surface area (Å²) in [5.74, 6) is 0.804. The van der Waals surface area contributed by atoms with Gasteiger partial charge in [-0.05, 0) is 55.0 Å². The first-order valence-corrected chi connectivity index (χ1v) is 13.8. The number of rotatable bonds is 5. The van der Waals surface area contributed by atoms with Crippen molar-refractivity contribution in [2.75, 3.05) is 18.6 Å². The first-order valence-electron chi connectivity index (χ1n) is 12.4. The molecule has 6 rings (SSSR count). The number of aryl methyl sites for hydroxylation is 1. The Bertz CT molecular complexity index is 1670. The van der Waals surface area contributed by atoms with Gasteiger partial charge in [-0.25, -0.2) is 12.4 Å². The summed E-state index contributed by atoms with van der Waals surface area (Å²) in [5.41, 5.74) is 5.82. The summed E-state index contributed by atoms with van der Waals surface area (Å²) in [4.78, 5) is 2.67. The molecule has 0 spiro atoms. The molecule has 0 radical (unpaired) electrons. The summed E-state index contributed by atoms with van der Waals surface area (Å²) < 4.78 is 35.2. The maximum atomic E-state index is 14.1. The van der Waals surface area contributed by atoms with E-state index in [2.05, 4.69) is 29.2 Å². The van der Waals surface area contributed by atoms with E-state index in [4.69, 9.17) is 4.74 Å². The number of para-hydroxylation sites is 1. The zero-order valence-corrected chi connectivity index (χ0v) is 21.7. The van der Waals surface area contributed by atoms with Crippen molar-refractivity contribution in [3.63, 3.8) is 0 Å². The molecule has 1 aromatic heterocycles. The Morgan fingerprint density at radius 1 is 0.811 bits per heavy atom. The largest absolute Gasteiger partial charge is 0.497 e. The molecule has 0 saturated carbocycles. The fourth-order valence-electron chi connectivity index (χ4n) is 5.47. The highest BCUT2D eigenvalue weighted by Crippen LogP contribution is 2.44. The Kier molecular flexibility index (Phi) is 5.76. The highest BCUT2D eigenvalue weighted by atomic mass is 32.2. The van der Waals surface area contributed by atoms with Crippen molar-refractivity contribution in [2.24, 2.45) is 0 Å². The minimum absolute atomic E-state index is 0.141. The lowest BCUT2D eigenvalue weighted by atomic mass is 9.90. The number of aromatic nitrogens is 1. The number of methoxy groups -OCH3 is 1. The summed E-state index contributed by atoms with van der Waals surface area (Å²) in [7, 11) is -2.13. The van der Waals surface area contributed by atoms with Crippen molar-refractivity contribution in [1.82, 2.24) is 3.97 Å². The molecule has 1 atom stereocenters. The fourth-order valence-corrected chi connectivity index (χ4v) is 7.05. The van der Waals surface area contributed by atoms with Gasteiger partial charge in [-0.3, -0.25) is 0 Å². The van der Waals surface area contributed by atoms with Gasteiger partial charge in [0.15, 0.2) is 0 Å². The average Bonchev–Trinajstić information content (AvgIpc) is 3.28. The first kappa shape index (κ1) is 23.4. The molecule has 0 N–H and O–H groups in total. The van der Waals surface area contributed by atoms with Gasteiger partial charge in [0.25, 0.3) is 10.0 Å². The van der Waals surface area contributed by atoms with Crippen LogP contribution in [-0.2, 0) is 16.4 Å². The van der Waals surface area contributed by atoms with Gasteiger partial charge in [-0.2, -0.15) is 0 Å². The van der Waals surface area contributed by atoms with Gasteiger partial charge in [-0.1, -0.05) is 66.2 Å². The van der Waals surface area contributed by atoms with Crippen molar-refractivity contribution < 1.29 is 13.2 Å². The van der Waals surface area contributed by atoms with Gasteiger partial charge < -0.3 is 9.64 Å². The number of hydrogen-bond donors (Lipinski definition) is 0. The number of benzene rings is 4. The van der Waals surface area contributed by atoms with Crippen LogP contribution in [-0.4, -0.2) is 26.0 Å². The Hall–Kier alpha value is -4.03. The Labute approximate surface area is 217 Å². The van der Waals surface area contributed by atoms with Crippen molar-refractivity contribution in [3.05, 3.63) is 126 Å². The summed E-state index contributed by atoms with van der Waals surface area (Å²) in [6.45, 7) is 2.64. The third-order valence-corrected chi connectivity index (χ3v) is 8.99. The lowest BCUT2D eigenvalue weighted by molar-refractivity contribution is 0.414. The second-order valence-corrected chi connectivity index (χ2v) is 11.2. The molecule has 186 valence electrons. The van der Waals surface area contributed by atoms with E-state index < -0.39 is 10.0 Å². The molecule has 5 aromatic rings. The highest BCUT2D eigenvalue weighted by molar-refractivity contribution is 7.90. The van der Waals surface area contributed by atoms with Crippen LogP contribution < -0.4 is 9.64 Å². The molecule has 2 heterocycles. The van der Waals surface area contributed by atoms with Crippen LogP contribution in [0.3, 0.4) is 0 Å². The minimum atomic E-state index is -3.80. The minimum Gasteiger partial charge on any atom is -0.497 e. The molecule has 0 fully saturated rings. The lowest BCUT2D eigenvalue weighted by Gasteiger charge is -2.38. The molecular weight excluding hydrogens is 480 g/mol. The zero-order valence-electron chi connectivity index (χ0n) is 20.8. The van der Waals surface area contributed by atoms with Crippen molar-refractivity contribution in [3.8, 4) is 5.75 Å². The Morgan fingerprint density at radius 3 is 2.19 bits per heavy atom. The number of nitrogens with zero attached hydrogens (tertiary/aromatic N) is 2. The lowest BCUT2D eigenvalue weighted by Crippen LogP contribution is -2.37. The maximum Gasteiger partial charge on any atom is 0.268 e. The Morgan fingerprint density at radius 2 is 1.49 bits per heavy atom. The third-order valence-electron chi connectivity index (χ3n) is 7.22. The van der Waals surface area contributed by atoms with Crippen molar-refractivity contribution in [2.45, 2.75) is 24.3 Å². The normalized spacial score (nSPS) is 15.5. The molecule has 6 heteroatoms. The predicted molar refractivity (Wildman–Crippen MR) is 148 cm³/mol. The molecule has 0 bridgehead atoms. The monoisotopic (exact) mass is 508 g/mol. The van der Waals surface area contributed by atoms with Crippen LogP contribution in [0.25, 0.3) is 10.9 Å². The molecule has 1 aliphatic heterocycles. The number of anilines is 1. The van der Waals surface area contributed by atoms with E-state index in [-0.39, 0.29) is 6.04 Å². The summed E-state index contributed by atoms with van der Waals surface area (Å²) in [6.07, 6.45) is 0.602. The molecule has 5 nitrogen and oxygen atoms in total. The number of ether oxygens (including phenoxy) is 1. The van der Waals surface area contributed by atoms with Crippen LogP contribution >= 0.6 is 0 Å². The summed E-state index contributed by atoms with van der Waals surface area (Å²) in [6, 6.07) is 33.2. The topological polar surface area (TPSA) is 51.5 Å². The van der Waals surface area contributed by atoms with Crippen LogP contribution in [0.4, 0.5) is 5.69 Å². The van der Waals surface area contributed by atoms with Gasteiger partial charge in [0.05, 0.1) is 23.6 Å². The number of hydrogen-bond acceptors (Lipinski definition) is 4. The van der Waals surface area contributed by atoms with E-state index in [0.29, 0.717) is 23.4 Å². The summed E-state index contributed by atoms with van der Waals surface area (Å²) in [5, 5.41) is 0.959. The highest BCUT2D eigenvalue weighted by Gasteiger charge is 2.37.